The van der Waals surface area contributed by atoms with Gasteiger partial charge in [-0.3, -0.25) is 0 Å². The second-order valence-corrected chi connectivity index (χ2v) is 6.57. The summed E-state index contributed by atoms with van der Waals surface area (Å²) in [6.45, 7) is 2.09. The first-order valence-electron chi connectivity index (χ1n) is 7.08. The molecule has 1 unspecified atom stereocenters. The fraction of sp³-hybridized carbons (Fsp3) is 0.158. The van der Waals surface area contributed by atoms with Crippen LogP contribution in [-0.4, -0.2) is 0 Å². The predicted octanol–water partition coefficient (Wildman–Crippen LogP) is 5.02. The number of hydrogen-bond acceptors (Lipinski definition) is 1. The van der Waals surface area contributed by atoms with Gasteiger partial charge in [0.05, 0.1) is 0 Å². The number of benzene rings is 3. The van der Waals surface area contributed by atoms with Crippen LogP contribution in [0.4, 0.5) is 0 Å². The Hall–Kier alpha value is -1.64. The van der Waals surface area contributed by atoms with Gasteiger partial charge < -0.3 is 5.73 Å². The summed E-state index contributed by atoms with van der Waals surface area (Å²) in [5, 5.41) is 2.54. The summed E-state index contributed by atoms with van der Waals surface area (Å²) in [4.78, 5) is 0. The van der Waals surface area contributed by atoms with E-state index >= 15 is 0 Å². The van der Waals surface area contributed by atoms with Gasteiger partial charge in [-0.25, -0.2) is 0 Å². The third kappa shape index (κ3) is 2.87. The number of hydrogen-bond donors (Lipinski definition) is 1. The van der Waals surface area contributed by atoms with Crippen LogP contribution in [0.3, 0.4) is 0 Å². The molecular formula is C19H18BrN. The zero-order chi connectivity index (χ0) is 14.9. The zero-order valence-corrected chi connectivity index (χ0v) is 13.6. The van der Waals surface area contributed by atoms with E-state index in [1.54, 1.807) is 0 Å². The fourth-order valence-electron chi connectivity index (χ4n) is 2.86. The molecule has 0 fully saturated rings. The van der Waals surface area contributed by atoms with E-state index in [1.165, 1.54) is 16.3 Å². The van der Waals surface area contributed by atoms with Crippen molar-refractivity contribution in [2.75, 3.05) is 0 Å². The molecule has 0 bridgehead atoms. The fourth-order valence-corrected chi connectivity index (χ4v) is 3.60. The summed E-state index contributed by atoms with van der Waals surface area (Å²) >= 11 is 3.62. The van der Waals surface area contributed by atoms with Gasteiger partial charge >= 0.3 is 0 Å². The first kappa shape index (κ1) is 14.3. The van der Waals surface area contributed by atoms with Gasteiger partial charge in [0, 0.05) is 10.0 Å². The Kier molecular flexibility index (Phi) is 3.83. The highest BCUT2D eigenvalue weighted by atomic mass is 79.9. The van der Waals surface area contributed by atoms with Crippen molar-refractivity contribution in [1.82, 2.24) is 0 Å². The molecule has 0 amide bonds. The smallest absolute Gasteiger partial charge is 0.0433 e. The average Bonchev–Trinajstić information content (AvgIpc) is 2.47. The van der Waals surface area contributed by atoms with Crippen molar-refractivity contribution in [1.29, 1.82) is 0 Å². The molecule has 0 aliphatic heterocycles. The number of nitrogens with two attached hydrogens (primary N) is 1. The van der Waals surface area contributed by atoms with Crippen LogP contribution in [-0.2, 0) is 12.0 Å². The highest BCUT2D eigenvalue weighted by Gasteiger charge is 2.24. The van der Waals surface area contributed by atoms with Crippen LogP contribution in [0.2, 0.25) is 0 Å². The van der Waals surface area contributed by atoms with Gasteiger partial charge in [-0.15, -0.1) is 0 Å². The monoisotopic (exact) mass is 339 g/mol. The lowest BCUT2D eigenvalue weighted by atomic mass is 9.85. The number of halogens is 1. The minimum Gasteiger partial charge on any atom is -0.321 e. The zero-order valence-electron chi connectivity index (χ0n) is 12.0. The van der Waals surface area contributed by atoms with Gasteiger partial charge in [0.2, 0.25) is 0 Å². The van der Waals surface area contributed by atoms with E-state index in [2.05, 4.69) is 71.4 Å². The van der Waals surface area contributed by atoms with Gasteiger partial charge in [-0.1, -0.05) is 76.6 Å². The van der Waals surface area contributed by atoms with Crippen LogP contribution < -0.4 is 5.73 Å². The lowest BCUT2D eigenvalue weighted by Gasteiger charge is -2.27. The standard InChI is InChI=1S/C19H18BrN/c1-19(21,17-11-4-5-12-18(17)20)13-15-9-6-8-14-7-2-3-10-16(14)15/h2-12H,13,21H2,1H3. The molecule has 106 valence electrons. The van der Waals surface area contributed by atoms with Crippen molar-refractivity contribution in [3.63, 3.8) is 0 Å². The third-order valence-electron chi connectivity index (χ3n) is 3.93. The molecule has 0 heterocycles. The summed E-state index contributed by atoms with van der Waals surface area (Å²) < 4.78 is 1.07. The largest absolute Gasteiger partial charge is 0.321 e. The Morgan fingerprint density at radius 2 is 1.57 bits per heavy atom. The van der Waals surface area contributed by atoms with Gasteiger partial charge in [0.25, 0.3) is 0 Å². The van der Waals surface area contributed by atoms with Crippen LogP contribution in [0.25, 0.3) is 10.8 Å². The minimum absolute atomic E-state index is 0.412. The van der Waals surface area contributed by atoms with E-state index in [0.29, 0.717) is 0 Å². The van der Waals surface area contributed by atoms with Crippen molar-refractivity contribution < 1.29 is 0 Å². The molecule has 1 atom stereocenters. The quantitative estimate of drug-likeness (QED) is 0.712. The third-order valence-corrected chi connectivity index (χ3v) is 4.62. The second-order valence-electron chi connectivity index (χ2n) is 5.71. The normalized spacial score (nSPS) is 14.0. The van der Waals surface area contributed by atoms with Crippen molar-refractivity contribution in [3.05, 3.63) is 82.3 Å². The van der Waals surface area contributed by atoms with Crippen molar-refractivity contribution in [2.24, 2.45) is 5.73 Å². The summed E-state index contributed by atoms with van der Waals surface area (Å²) in [6.07, 6.45) is 0.803. The molecular weight excluding hydrogens is 322 g/mol. The molecule has 0 saturated carbocycles. The molecule has 0 saturated heterocycles. The van der Waals surface area contributed by atoms with E-state index in [4.69, 9.17) is 5.73 Å². The number of rotatable bonds is 3. The predicted molar refractivity (Wildman–Crippen MR) is 93.3 cm³/mol. The van der Waals surface area contributed by atoms with E-state index in [9.17, 15) is 0 Å². The maximum absolute atomic E-state index is 6.63. The molecule has 21 heavy (non-hydrogen) atoms. The average molecular weight is 340 g/mol. The highest BCUT2D eigenvalue weighted by Crippen LogP contribution is 2.31. The lowest BCUT2D eigenvalue weighted by molar-refractivity contribution is 0.491. The first-order valence-corrected chi connectivity index (χ1v) is 7.88. The highest BCUT2D eigenvalue weighted by molar-refractivity contribution is 9.10. The lowest BCUT2D eigenvalue weighted by Crippen LogP contribution is -2.35. The number of fused-ring (bicyclic) bond motifs is 1. The molecule has 0 spiro atoms. The molecule has 1 nitrogen and oxygen atoms in total. The van der Waals surface area contributed by atoms with E-state index in [-0.39, 0.29) is 0 Å². The molecule has 0 aliphatic rings. The van der Waals surface area contributed by atoms with Crippen LogP contribution in [0.15, 0.2) is 71.2 Å². The SMILES string of the molecule is CC(N)(Cc1cccc2ccccc12)c1ccccc1Br. The maximum Gasteiger partial charge on any atom is 0.0433 e. The summed E-state index contributed by atoms with van der Waals surface area (Å²) in [5.74, 6) is 0. The van der Waals surface area contributed by atoms with Crippen LogP contribution in [0, 0.1) is 0 Å². The first-order chi connectivity index (χ1) is 10.1. The van der Waals surface area contributed by atoms with Crippen LogP contribution in [0.1, 0.15) is 18.1 Å². The molecule has 3 aromatic rings. The maximum atomic E-state index is 6.63. The summed E-state index contributed by atoms with van der Waals surface area (Å²) in [6, 6.07) is 23.1. The van der Waals surface area contributed by atoms with E-state index in [0.717, 1.165) is 16.5 Å². The molecule has 0 aliphatic carbocycles. The van der Waals surface area contributed by atoms with Crippen molar-refractivity contribution in [3.8, 4) is 0 Å². The Labute approximate surface area is 133 Å². The van der Waals surface area contributed by atoms with Gasteiger partial charge in [-0.2, -0.15) is 0 Å². The Balaban J connectivity index is 2.04. The van der Waals surface area contributed by atoms with Gasteiger partial charge in [-0.05, 0) is 41.3 Å². The molecule has 3 aromatic carbocycles. The van der Waals surface area contributed by atoms with Crippen molar-refractivity contribution >= 4 is 26.7 Å². The Morgan fingerprint density at radius 1 is 0.905 bits per heavy atom. The minimum atomic E-state index is -0.412. The van der Waals surface area contributed by atoms with Gasteiger partial charge in [0.15, 0.2) is 0 Å². The topological polar surface area (TPSA) is 26.0 Å². The summed E-state index contributed by atoms with van der Waals surface area (Å²) in [5.41, 5.74) is 8.64. The van der Waals surface area contributed by atoms with Gasteiger partial charge in [0.1, 0.15) is 0 Å². The molecule has 2 N–H and O–H groups in total. The van der Waals surface area contributed by atoms with Crippen LogP contribution in [0.5, 0.6) is 0 Å². The molecule has 2 heteroatoms. The van der Waals surface area contributed by atoms with E-state index < -0.39 is 5.54 Å². The van der Waals surface area contributed by atoms with Crippen LogP contribution >= 0.6 is 15.9 Å². The Morgan fingerprint density at radius 3 is 2.38 bits per heavy atom. The second kappa shape index (κ2) is 5.63. The van der Waals surface area contributed by atoms with Crippen molar-refractivity contribution in [2.45, 2.75) is 18.9 Å². The molecule has 3 rings (SSSR count). The molecule has 0 radical (unpaired) electrons. The Bertz CT molecular complexity index is 772. The summed E-state index contributed by atoms with van der Waals surface area (Å²) in [7, 11) is 0. The van der Waals surface area contributed by atoms with E-state index in [1.807, 2.05) is 18.2 Å². The molecule has 0 aromatic heterocycles.